The smallest absolute Gasteiger partial charge is 0.392 e. The van der Waals surface area contributed by atoms with Crippen molar-refractivity contribution in [2.75, 3.05) is 7.11 Å². The van der Waals surface area contributed by atoms with E-state index in [0.717, 1.165) is 44.9 Å². The van der Waals surface area contributed by atoms with Gasteiger partial charge in [0.1, 0.15) is 6.04 Å². The second kappa shape index (κ2) is 6.35. The molecule has 106 valence electrons. The number of nitrogens with one attached hydrogen (secondary N) is 1. The molecule has 2 unspecified atom stereocenters. The summed E-state index contributed by atoms with van der Waals surface area (Å²) in [6, 6.07) is -0.0747. The van der Waals surface area contributed by atoms with E-state index in [9.17, 15) is 10.0 Å². The molecule has 1 N–H and O–H groups in total. The number of ether oxygens (including phenoxy) is 1. The number of unbranched alkanes of at least 4 members (excludes halogenated alkanes) is 1. The fraction of sp³-hybridized carbons (Fsp3) is 0.667. The maximum Gasteiger partial charge on any atom is 0.392 e. The molecule has 4 heteroatoms. The number of rotatable bonds is 4. The van der Waals surface area contributed by atoms with Crippen LogP contribution in [-0.4, -0.2) is 19.1 Å². The zero-order chi connectivity index (χ0) is 13.8. The van der Waals surface area contributed by atoms with Crippen LogP contribution >= 0.6 is 0 Å². The van der Waals surface area contributed by atoms with Crippen molar-refractivity contribution >= 4 is 5.97 Å². The number of carbonyl (C=O) groups excluding carboxylic acids is 1. The molecule has 0 spiro atoms. The monoisotopic (exact) mass is 265 g/mol. The summed E-state index contributed by atoms with van der Waals surface area (Å²) in [5.41, 5.74) is 2.76. The molecule has 2 atom stereocenters. The van der Waals surface area contributed by atoms with Crippen LogP contribution in [0.3, 0.4) is 0 Å². The molecule has 1 aliphatic carbocycles. The van der Waals surface area contributed by atoms with Gasteiger partial charge in [-0.05, 0) is 43.3 Å². The molecule has 0 bridgehead atoms. The molecular formula is C15H23NO3. The van der Waals surface area contributed by atoms with Gasteiger partial charge in [-0.3, -0.25) is 0 Å². The summed E-state index contributed by atoms with van der Waals surface area (Å²) in [6.45, 7) is 2.13. The Labute approximate surface area is 114 Å². The van der Waals surface area contributed by atoms with E-state index < -0.39 is 5.97 Å². The van der Waals surface area contributed by atoms with E-state index in [4.69, 9.17) is 4.74 Å². The Balaban J connectivity index is 2.30. The van der Waals surface area contributed by atoms with Crippen molar-refractivity contribution in [3.63, 3.8) is 0 Å². The number of methoxy groups -OCH3 is 1. The van der Waals surface area contributed by atoms with E-state index in [0.29, 0.717) is 0 Å². The lowest BCUT2D eigenvalue weighted by atomic mass is 9.82. The molecular weight excluding hydrogens is 242 g/mol. The fourth-order valence-electron chi connectivity index (χ4n) is 3.09. The van der Waals surface area contributed by atoms with Crippen molar-refractivity contribution in [2.24, 2.45) is 0 Å². The SMILES string of the molecule is CCCCC1C2=C(C=C(C(=O)OC)[NH+]1[O-])CCCC2. The van der Waals surface area contributed by atoms with Crippen LogP contribution in [0, 0.1) is 5.21 Å². The number of allylic oxidation sites excluding steroid dienone is 2. The Hall–Kier alpha value is -1.13. The third-order valence-electron chi connectivity index (χ3n) is 4.13. The van der Waals surface area contributed by atoms with Crippen molar-refractivity contribution in [3.05, 3.63) is 28.1 Å². The van der Waals surface area contributed by atoms with Crippen LogP contribution in [0.25, 0.3) is 0 Å². The first-order chi connectivity index (χ1) is 9.19. The van der Waals surface area contributed by atoms with Gasteiger partial charge in [0.25, 0.3) is 0 Å². The predicted octanol–water partition coefficient (Wildman–Crippen LogP) is 1.87. The largest absolute Gasteiger partial charge is 0.628 e. The highest BCUT2D eigenvalue weighted by Gasteiger charge is 2.34. The predicted molar refractivity (Wildman–Crippen MR) is 73.2 cm³/mol. The molecule has 2 rings (SSSR count). The maximum atomic E-state index is 12.5. The van der Waals surface area contributed by atoms with Crippen molar-refractivity contribution in [2.45, 2.75) is 57.9 Å². The fourth-order valence-corrected chi connectivity index (χ4v) is 3.09. The van der Waals surface area contributed by atoms with Crippen LogP contribution in [-0.2, 0) is 9.53 Å². The van der Waals surface area contributed by atoms with E-state index in [2.05, 4.69) is 6.92 Å². The van der Waals surface area contributed by atoms with E-state index >= 15 is 0 Å². The second-order valence-electron chi connectivity index (χ2n) is 5.37. The van der Waals surface area contributed by atoms with Crippen molar-refractivity contribution in [1.82, 2.24) is 0 Å². The number of carbonyl (C=O) groups is 1. The molecule has 0 amide bonds. The zero-order valence-corrected chi connectivity index (χ0v) is 11.8. The third kappa shape index (κ3) is 2.90. The molecule has 1 aliphatic heterocycles. The number of hydrogen-bond acceptors (Lipinski definition) is 3. The quantitative estimate of drug-likeness (QED) is 0.623. The van der Waals surface area contributed by atoms with Gasteiger partial charge < -0.3 is 15.0 Å². The molecule has 19 heavy (non-hydrogen) atoms. The topological polar surface area (TPSA) is 53.8 Å². The molecule has 0 aromatic carbocycles. The Morgan fingerprint density at radius 2 is 2.21 bits per heavy atom. The van der Waals surface area contributed by atoms with Crippen molar-refractivity contribution < 1.29 is 14.6 Å². The lowest BCUT2D eigenvalue weighted by Gasteiger charge is -2.38. The molecule has 1 heterocycles. The highest BCUT2D eigenvalue weighted by molar-refractivity contribution is 5.86. The molecule has 0 aromatic heterocycles. The summed E-state index contributed by atoms with van der Waals surface area (Å²) in [5.74, 6) is -0.483. The highest BCUT2D eigenvalue weighted by atomic mass is 16.5. The molecule has 4 nitrogen and oxygen atoms in total. The third-order valence-corrected chi connectivity index (χ3v) is 4.13. The summed E-state index contributed by atoms with van der Waals surface area (Å²) in [7, 11) is 1.34. The first kappa shape index (κ1) is 14.3. The Kier molecular flexibility index (Phi) is 4.77. The average Bonchev–Trinajstić information content (AvgIpc) is 2.45. The van der Waals surface area contributed by atoms with Gasteiger partial charge in [-0.2, -0.15) is 0 Å². The first-order valence-electron chi connectivity index (χ1n) is 7.25. The van der Waals surface area contributed by atoms with E-state index in [1.165, 1.54) is 18.3 Å². The van der Waals surface area contributed by atoms with E-state index in [1.807, 2.05) is 0 Å². The lowest BCUT2D eigenvalue weighted by Crippen LogP contribution is -3.11. The van der Waals surface area contributed by atoms with Gasteiger partial charge in [0.05, 0.1) is 7.11 Å². The minimum atomic E-state index is -0.483. The minimum absolute atomic E-state index is 0.0269. The van der Waals surface area contributed by atoms with E-state index in [1.54, 1.807) is 6.08 Å². The Morgan fingerprint density at radius 1 is 1.47 bits per heavy atom. The molecule has 2 aliphatic rings. The molecule has 0 aromatic rings. The zero-order valence-electron chi connectivity index (χ0n) is 11.8. The number of hydrogen-bond donors (Lipinski definition) is 1. The second-order valence-corrected chi connectivity index (χ2v) is 5.37. The minimum Gasteiger partial charge on any atom is -0.628 e. The van der Waals surface area contributed by atoms with Crippen LogP contribution in [0.4, 0.5) is 0 Å². The van der Waals surface area contributed by atoms with Crippen LogP contribution < -0.4 is 5.06 Å². The van der Waals surface area contributed by atoms with Gasteiger partial charge >= 0.3 is 5.97 Å². The number of esters is 1. The van der Waals surface area contributed by atoms with Gasteiger partial charge in [0.15, 0.2) is 0 Å². The molecule has 0 radical (unpaired) electrons. The number of hydroxylamine groups is 2. The van der Waals surface area contributed by atoms with Crippen molar-refractivity contribution in [3.8, 4) is 0 Å². The summed E-state index contributed by atoms with van der Waals surface area (Å²) in [6.07, 6.45) is 9.07. The standard InChI is InChI=1S/C15H23NO3/c1-3-4-9-13-12-8-6-5-7-11(12)10-14(16(13)18)15(17)19-2/h10,13,16H,3-9H2,1-2H3. The molecule has 0 fully saturated rings. The van der Waals surface area contributed by atoms with Crippen LogP contribution in [0.15, 0.2) is 22.9 Å². The summed E-state index contributed by atoms with van der Waals surface area (Å²) >= 11 is 0. The Bertz CT molecular complexity index is 412. The maximum absolute atomic E-state index is 12.5. The Morgan fingerprint density at radius 3 is 2.89 bits per heavy atom. The molecule has 0 saturated heterocycles. The van der Waals surface area contributed by atoms with Gasteiger partial charge in [-0.25, -0.2) is 4.79 Å². The van der Waals surface area contributed by atoms with Crippen LogP contribution in [0.5, 0.6) is 0 Å². The van der Waals surface area contributed by atoms with Crippen LogP contribution in [0.2, 0.25) is 0 Å². The highest BCUT2D eigenvalue weighted by Crippen LogP contribution is 2.31. The summed E-state index contributed by atoms with van der Waals surface area (Å²) in [4.78, 5) is 11.7. The van der Waals surface area contributed by atoms with E-state index in [-0.39, 0.29) is 16.8 Å². The molecule has 0 saturated carbocycles. The normalized spacial score (nSPS) is 26.8. The first-order valence-corrected chi connectivity index (χ1v) is 7.25. The van der Waals surface area contributed by atoms with Crippen LogP contribution in [0.1, 0.15) is 51.9 Å². The lowest BCUT2D eigenvalue weighted by molar-refractivity contribution is -0.826. The number of quaternary nitrogens is 1. The van der Waals surface area contributed by atoms with Gasteiger partial charge in [-0.1, -0.05) is 13.3 Å². The summed E-state index contributed by atoms with van der Waals surface area (Å²) in [5, 5.41) is 12.5. The average molecular weight is 265 g/mol. The summed E-state index contributed by atoms with van der Waals surface area (Å²) < 4.78 is 4.74. The van der Waals surface area contributed by atoms with Gasteiger partial charge in [0.2, 0.25) is 5.70 Å². The van der Waals surface area contributed by atoms with Crippen molar-refractivity contribution in [1.29, 1.82) is 0 Å². The van der Waals surface area contributed by atoms with Gasteiger partial charge in [0, 0.05) is 12.5 Å². The van der Waals surface area contributed by atoms with Gasteiger partial charge in [-0.15, -0.1) is 0 Å².